The summed E-state index contributed by atoms with van der Waals surface area (Å²) in [7, 11) is -3.91. The maximum Gasteiger partial charge on any atom is 0.229 e. The second-order valence-corrected chi connectivity index (χ2v) is 10.2. The third kappa shape index (κ3) is 3.74. The van der Waals surface area contributed by atoms with Crippen molar-refractivity contribution in [1.29, 1.82) is 0 Å². The topological polar surface area (TPSA) is 89.2 Å². The van der Waals surface area contributed by atoms with Crippen molar-refractivity contribution in [3.8, 4) is 0 Å². The van der Waals surface area contributed by atoms with Gasteiger partial charge in [0.15, 0.2) is 5.65 Å². The Kier molecular flexibility index (Phi) is 5.27. The average Bonchev–Trinajstić information content (AvgIpc) is 3.05. The monoisotopic (exact) mass is 455 g/mol. The van der Waals surface area contributed by atoms with Gasteiger partial charge in [-0.3, -0.25) is 0 Å². The van der Waals surface area contributed by atoms with Gasteiger partial charge in [0.2, 0.25) is 14.9 Å². The Morgan fingerprint density at radius 1 is 0.968 bits per heavy atom. The van der Waals surface area contributed by atoms with Crippen molar-refractivity contribution >= 4 is 43.8 Å². The Bertz CT molecular complexity index is 1340. The number of aromatic nitrogens is 4. The van der Waals surface area contributed by atoms with Crippen LogP contribution in [-0.2, 0) is 9.84 Å². The minimum Gasteiger partial charge on any atom is -0.367 e. The fraction of sp³-hybridized carbons (Fsp3) is 0.318. The van der Waals surface area contributed by atoms with E-state index < -0.39 is 9.84 Å². The largest absolute Gasteiger partial charge is 0.367 e. The molecule has 0 radical (unpaired) electrons. The van der Waals surface area contributed by atoms with E-state index in [1.807, 2.05) is 24.3 Å². The molecule has 5 rings (SSSR count). The van der Waals surface area contributed by atoms with E-state index in [1.165, 1.54) is 42.3 Å². The molecule has 160 valence electrons. The molecular formula is C22H22ClN5O2S. The molecule has 1 fully saturated rings. The Hall–Kier alpha value is -2.71. The molecule has 0 unspecified atom stereocenters. The van der Waals surface area contributed by atoms with Crippen LogP contribution in [0.4, 0.5) is 5.82 Å². The van der Waals surface area contributed by atoms with Gasteiger partial charge in [-0.15, -0.1) is 5.10 Å². The highest BCUT2D eigenvalue weighted by Crippen LogP contribution is 2.30. The van der Waals surface area contributed by atoms with E-state index in [4.69, 9.17) is 16.6 Å². The van der Waals surface area contributed by atoms with Crippen molar-refractivity contribution in [3.05, 3.63) is 53.6 Å². The van der Waals surface area contributed by atoms with Crippen LogP contribution in [0.1, 0.15) is 38.5 Å². The molecule has 0 aliphatic heterocycles. The van der Waals surface area contributed by atoms with Crippen molar-refractivity contribution < 1.29 is 8.42 Å². The molecule has 2 heterocycles. The second-order valence-electron chi connectivity index (χ2n) is 7.90. The first-order valence-electron chi connectivity index (χ1n) is 10.5. The van der Waals surface area contributed by atoms with Crippen LogP contribution in [0.25, 0.3) is 16.6 Å². The zero-order valence-electron chi connectivity index (χ0n) is 16.8. The van der Waals surface area contributed by atoms with Crippen LogP contribution in [0, 0.1) is 0 Å². The predicted molar refractivity (Wildman–Crippen MR) is 120 cm³/mol. The quantitative estimate of drug-likeness (QED) is 0.440. The SMILES string of the molecule is O=S(=O)(c1ccc(Cl)cc1)c1nnn2c1nc(NC1CCCCCC1)c1ccccc12. The Morgan fingerprint density at radius 3 is 2.42 bits per heavy atom. The van der Waals surface area contributed by atoms with E-state index in [0.717, 1.165) is 23.7 Å². The summed E-state index contributed by atoms with van der Waals surface area (Å²) in [5.41, 5.74) is 0.971. The third-order valence-electron chi connectivity index (χ3n) is 5.80. The molecule has 0 bridgehead atoms. The number of sulfone groups is 1. The van der Waals surface area contributed by atoms with Gasteiger partial charge >= 0.3 is 0 Å². The van der Waals surface area contributed by atoms with Crippen molar-refractivity contribution in [1.82, 2.24) is 19.8 Å². The Labute approximate surface area is 185 Å². The van der Waals surface area contributed by atoms with Crippen LogP contribution in [0.2, 0.25) is 5.02 Å². The molecule has 0 atom stereocenters. The molecule has 7 nitrogen and oxygen atoms in total. The lowest BCUT2D eigenvalue weighted by Crippen LogP contribution is -2.19. The molecule has 1 N–H and O–H groups in total. The lowest BCUT2D eigenvalue weighted by Gasteiger charge is -2.18. The van der Waals surface area contributed by atoms with E-state index >= 15 is 0 Å². The summed E-state index contributed by atoms with van der Waals surface area (Å²) in [6, 6.07) is 14.0. The molecule has 31 heavy (non-hydrogen) atoms. The lowest BCUT2D eigenvalue weighted by atomic mass is 10.1. The lowest BCUT2D eigenvalue weighted by molar-refractivity contribution is 0.592. The number of para-hydroxylation sites is 1. The molecule has 2 aromatic carbocycles. The molecule has 0 saturated heterocycles. The van der Waals surface area contributed by atoms with Gasteiger partial charge < -0.3 is 5.32 Å². The normalized spacial score (nSPS) is 15.9. The predicted octanol–water partition coefficient (Wildman–Crippen LogP) is 4.90. The second kappa shape index (κ2) is 8.09. The Morgan fingerprint density at radius 2 is 1.68 bits per heavy atom. The third-order valence-corrected chi connectivity index (χ3v) is 7.71. The van der Waals surface area contributed by atoms with Crippen LogP contribution in [0.3, 0.4) is 0 Å². The first kappa shape index (κ1) is 20.2. The summed E-state index contributed by atoms with van der Waals surface area (Å²) >= 11 is 5.92. The van der Waals surface area contributed by atoms with E-state index in [0.29, 0.717) is 16.9 Å². The molecule has 0 spiro atoms. The zero-order chi connectivity index (χ0) is 21.4. The number of hydrogen-bond donors (Lipinski definition) is 1. The number of rotatable bonds is 4. The van der Waals surface area contributed by atoms with Crippen molar-refractivity contribution in [2.24, 2.45) is 0 Å². The van der Waals surface area contributed by atoms with Gasteiger partial charge in [-0.1, -0.05) is 54.6 Å². The smallest absolute Gasteiger partial charge is 0.229 e. The number of nitrogens with zero attached hydrogens (tertiary/aromatic N) is 4. The minimum absolute atomic E-state index is 0.104. The van der Waals surface area contributed by atoms with Gasteiger partial charge in [0, 0.05) is 16.5 Å². The highest BCUT2D eigenvalue weighted by atomic mass is 35.5. The summed E-state index contributed by atoms with van der Waals surface area (Å²) in [6.07, 6.45) is 7.02. The van der Waals surface area contributed by atoms with Gasteiger partial charge in [0.05, 0.1) is 10.4 Å². The number of anilines is 1. The van der Waals surface area contributed by atoms with Gasteiger partial charge in [-0.25, -0.2) is 13.4 Å². The van der Waals surface area contributed by atoms with Gasteiger partial charge in [0.1, 0.15) is 5.82 Å². The van der Waals surface area contributed by atoms with E-state index in [-0.39, 0.29) is 15.6 Å². The van der Waals surface area contributed by atoms with Crippen molar-refractivity contribution in [2.75, 3.05) is 5.32 Å². The average molecular weight is 456 g/mol. The number of halogens is 1. The first-order valence-corrected chi connectivity index (χ1v) is 12.3. The maximum atomic E-state index is 13.3. The summed E-state index contributed by atoms with van der Waals surface area (Å²) < 4.78 is 28.1. The highest BCUT2D eigenvalue weighted by Gasteiger charge is 2.27. The van der Waals surface area contributed by atoms with Crippen LogP contribution in [-0.4, -0.2) is 34.3 Å². The summed E-state index contributed by atoms with van der Waals surface area (Å²) in [5.74, 6) is 0.671. The molecule has 0 amide bonds. The molecule has 1 aliphatic rings. The fourth-order valence-corrected chi connectivity index (χ4v) is 5.53. The summed E-state index contributed by atoms with van der Waals surface area (Å²) in [6.45, 7) is 0. The van der Waals surface area contributed by atoms with E-state index in [9.17, 15) is 8.42 Å². The molecule has 2 aromatic heterocycles. The van der Waals surface area contributed by atoms with Crippen LogP contribution in [0.5, 0.6) is 0 Å². The summed E-state index contributed by atoms with van der Waals surface area (Å²) in [5, 5.41) is 12.9. The molecule has 1 saturated carbocycles. The summed E-state index contributed by atoms with van der Waals surface area (Å²) in [4.78, 5) is 4.82. The zero-order valence-corrected chi connectivity index (χ0v) is 18.4. The standard InChI is InChI=1S/C22H22ClN5O2S/c23-15-11-13-17(14-12-15)31(29,30)22-21-25-20(24-16-7-3-1-2-4-8-16)18-9-5-6-10-19(18)28(21)27-26-22/h5-6,9-14,16H,1-4,7-8H2,(H,24,25). The fourth-order valence-electron chi connectivity index (χ4n) is 4.17. The number of benzene rings is 2. The van der Waals surface area contributed by atoms with Crippen LogP contribution in [0.15, 0.2) is 58.5 Å². The van der Waals surface area contributed by atoms with Crippen LogP contribution < -0.4 is 5.32 Å². The van der Waals surface area contributed by atoms with Crippen molar-refractivity contribution in [2.45, 2.75) is 54.5 Å². The highest BCUT2D eigenvalue weighted by molar-refractivity contribution is 7.91. The van der Waals surface area contributed by atoms with Crippen molar-refractivity contribution in [3.63, 3.8) is 0 Å². The molecule has 1 aliphatic carbocycles. The number of hydrogen-bond acceptors (Lipinski definition) is 6. The number of nitrogens with one attached hydrogen (secondary N) is 1. The minimum atomic E-state index is -3.91. The maximum absolute atomic E-state index is 13.3. The van der Waals surface area contributed by atoms with Gasteiger partial charge in [-0.05, 0) is 49.2 Å². The van der Waals surface area contributed by atoms with Crippen LogP contribution >= 0.6 is 11.6 Å². The van der Waals surface area contributed by atoms with E-state index in [2.05, 4.69) is 15.6 Å². The Balaban J connectivity index is 1.66. The van der Waals surface area contributed by atoms with Gasteiger partial charge in [-0.2, -0.15) is 4.52 Å². The first-order chi connectivity index (χ1) is 15.0. The number of fused-ring (bicyclic) bond motifs is 3. The van der Waals surface area contributed by atoms with E-state index in [1.54, 1.807) is 12.1 Å². The molecule has 9 heteroatoms. The molecule has 4 aromatic rings. The van der Waals surface area contributed by atoms with Gasteiger partial charge in [0.25, 0.3) is 0 Å². The molecular weight excluding hydrogens is 434 g/mol.